The molecule has 16 heavy (non-hydrogen) atoms. The van der Waals surface area contributed by atoms with Crippen LogP contribution in [0.2, 0.25) is 0 Å². The van der Waals surface area contributed by atoms with Crippen LogP contribution in [0, 0.1) is 5.82 Å². The number of nitrogens with one attached hydrogen (secondary N) is 1. The summed E-state index contributed by atoms with van der Waals surface area (Å²) in [5, 5.41) is 3.28. The fourth-order valence-corrected chi connectivity index (χ4v) is 1.52. The third-order valence-corrected chi connectivity index (χ3v) is 2.29. The highest BCUT2D eigenvalue weighted by molar-refractivity contribution is 5.72. The quantitative estimate of drug-likeness (QED) is 0.863. The van der Waals surface area contributed by atoms with Gasteiger partial charge in [-0.2, -0.15) is 0 Å². The van der Waals surface area contributed by atoms with E-state index >= 15 is 0 Å². The number of nitrogens with zero attached hydrogens (tertiary/aromatic N) is 1. The van der Waals surface area contributed by atoms with Gasteiger partial charge in [0.1, 0.15) is 11.3 Å². The first-order chi connectivity index (χ1) is 7.65. The Labute approximate surface area is 93.7 Å². The normalized spacial score (nSPS) is 11.5. The van der Waals surface area contributed by atoms with Crippen LogP contribution in [0.4, 0.5) is 4.39 Å². The number of aromatic nitrogens is 1. The van der Waals surface area contributed by atoms with Crippen LogP contribution in [0.1, 0.15) is 19.7 Å². The van der Waals surface area contributed by atoms with E-state index < -0.39 is 0 Å². The molecule has 0 radical (unpaired) electrons. The molecule has 1 heterocycles. The molecule has 0 aliphatic rings. The van der Waals surface area contributed by atoms with E-state index in [1.54, 1.807) is 6.07 Å². The van der Waals surface area contributed by atoms with E-state index in [4.69, 9.17) is 4.42 Å². The number of halogens is 1. The summed E-state index contributed by atoms with van der Waals surface area (Å²) < 4.78 is 18.3. The van der Waals surface area contributed by atoms with E-state index in [9.17, 15) is 4.39 Å². The van der Waals surface area contributed by atoms with Gasteiger partial charge in [0.05, 0.1) is 0 Å². The average Bonchev–Trinajstić information content (AvgIpc) is 2.58. The molecule has 0 saturated carbocycles. The van der Waals surface area contributed by atoms with Gasteiger partial charge in [-0.1, -0.05) is 13.8 Å². The second-order valence-corrected chi connectivity index (χ2v) is 4.08. The van der Waals surface area contributed by atoms with Crippen molar-refractivity contribution in [1.82, 2.24) is 10.3 Å². The minimum absolute atomic E-state index is 0.296. The first-order valence-corrected chi connectivity index (χ1v) is 5.43. The molecule has 1 N–H and O–H groups in total. The molecule has 0 aliphatic heterocycles. The molecule has 0 atom stereocenters. The van der Waals surface area contributed by atoms with Gasteiger partial charge >= 0.3 is 0 Å². The Hall–Kier alpha value is -1.42. The highest BCUT2D eigenvalue weighted by Crippen LogP contribution is 2.16. The molecule has 0 unspecified atom stereocenters. The van der Waals surface area contributed by atoms with Crippen molar-refractivity contribution in [2.24, 2.45) is 0 Å². The van der Waals surface area contributed by atoms with Crippen LogP contribution in [-0.4, -0.2) is 17.6 Å². The molecule has 3 nitrogen and oxygen atoms in total. The van der Waals surface area contributed by atoms with Crippen LogP contribution in [-0.2, 0) is 6.42 Å². The third kappa shape index (κ3) is 2.58. The van der Waals surface area contributed by atoms with Crippen molar-refractivity contribution < 1.29 is 8.81 Å². The maximum absolute atomic E-state index is 12.9. The maximum Gasteiger partial charge on any atom is 0.196 e. The van der Waals surface area contributed by atoms with Gasteiger partial charge in [0.2, 0.25) is 0 Å². The summed E-state index contributed by atoms with van der Waals surface area (Å²) in [6.07, 6.45) is 0.717. The number of fused-ring (bicyclic) bond motifs is 1. The molecule has 86 valence electrons. The molecule has 0 saturated heterocycles. The van der Waals surface area contributed by atoms with Crippen molar-refractivity contribution in [2.75, 3.05) is 6.54 Å². The summed E-state index contributed by atoms with van der Waals surface area (Å²) in [4.78, 5) is 4.28. The summed E-state index contributed by atoms with van der Waals surface area (Å²) in [7, 11) is 0. The van der Waals surface area contributed by atoms with Crippen molar-refractivity contribution in [3.05, 3.63) is 29.9 Å². The smallest absolute Gasteiger partial charge is 0.196 e. The minimum Gasteiger partial charge on any atom is -0.441 e. The molecular formula is C12H15FN2O. The first kappa shape index (κ1) is 11.1. The number of hydrogen-bond acceptors (Lipinski definition) is 3. The van der Waals surface area contributed by atoms with Crippen molar-refractivity contribution in [2.45, 2.75) is 26.3 Å². The van der Waals surface area contributed by atoms with Gasteiger partial charge in [0.15, 0.2) is 11.5 Å². The Kier molecular flexibility index (Phi) is 3.19. The number of rotatable bonds is 4. The van der Waals surface area contributed by atoms with Gasteiger partial charge in [-0.3, -0.25) is 0 Å². The molecule has 2 aromatic rings. The second-order valence-electron chi connectivity index (χ2n) is 4.08. The predicted octanol–water partition coefficient (Wildman–Crippen LogP) is 2.51. The van der Waals surface area contributed by atoms with E-state index in [1.165, 1.54) is 12.1 Å². The zero-order valence-electron chi connectivity index (χ0n) is 9.46. The Morgan fingerprint density at radius 3 is 3.00 bits per heavy atom. The molecule has 0 fully saturated rings. The largest absolute Gasteiger partial charge is 0.441 e. The summed E-state index contributed by atoms with van der Waals surface area (Å²) in [6.45, 7) is 4.98. The molecule has 0 bridgehead atoms. The van der Waals surface area contributed by atoms with Crippen LogP contribution in [0.5, 0.6) is 0 Å². The van der Waals surface area contributed by atoms with Gasteiger partial charge in [-0.05, 0) is 12.1 Å². The Morgan fingerprint density at radius 1 is 1.44 bits per heavy atom. The van der Waals surface area contributed by atoms with Crippen LogP contribution in [0.15, 0.2) is 22.6 Å². The van der Waals surface area contributed by atoms with Crippen LogP contribution < -0.4 is 5.32 Å². The Bertz CT molecular complexity index is 479. The van der Waals surface area contributed by atoms with Gasteiger partial charge in [0.25, 0.3) is 0 Å². The SMILES string of the molecule is CC(C)NCCc1nc2ccc(F)cc2o1. The topological polar surface area (TPSA) is 38.1 Å². The van der Waals surface area contributed by atoms with Gasteiger partial charge in [-0.25, -0.2) is 9.37 Å². The number of benzene rings is 1. The summed E-state index contributed by atoms with van der Waals surface area (Å²) in [5.41, 5.74) is 1.22. The molecule has 4 heteroatoms. The molecule has 0 aliphatic carbocycles. The molecule has 0 spiro atoms. The van der Waals surface area contributed by atoms with Crippen LogP contribution in [0.3, 0.4) is 0 Å². The molecule has 0 amide bonds. The highest BCUT2D eigenvalue weighted by atomic mass is 19.1. The fourth-order valence-electron chi connectivity index (χ4n) is 1.52. The Balaban J connectivity index is 2.08. The first-order valence-electron chi connectivity index (χ1n) is 5.43. The maximum atomic E-state index is 12.9. The Morgan fingerprint density at radius 2 is 2.25 bits per heavy atom. The lowest BCUT2D eigenvalue weighted by molar-refractivity contribution is 0.499. The van der Waals surface area contributed by atoms with Crippen molar-refractivity contribution in [3.8, 4) is 0 Å². The van der Waals surface area contributed by atoms with Gasteiger partial charge < -0.3 is 9.73 Å². The standard InChI is InChI=1S/C12H15FN2O/c1-8(2)14-6-5-12-15-10-4-3-9(13)7-11(10)16-12/h3-4,7-8,14H,5-6H2,1-2H3. The van der Waals surface area contributed by atoms with Crippen molar-refractivity contribution >= 4 is 11.1 Å². The van der Waals surface area contributed by atoms with E-state index in [-0.39, 0.29) is 5.82 Å². The minimum atomic E-state index is -0.296. The lowest BCUT2D eigenvalue weighted by atomic mass is 10.3. The molecule has 2 rings (SSSR count). The van der Waals surface area contributed by atoms with Crippen molar-refractivity contribution in [3.63, 3.8) is 0 Å². The molecule has 1 aromatic heterocycles. The average molecular weight is 222 g/mol. The van der Waals surface area contributed by atoms with E-state index in [1.807, 2.05) is 0 Å². The highest BCUT2D eigenvalue weighted by Gasteiger charge is 2.06. The third-order valence-electron chi connectivity index (χ3n) is 2.29. The summed E-state index contributed by atoms with van der Waals surface area (Å²) in [6, 6.07) is 4.83. The van der Waals surface area contributed by atoms with Crippen LogP contribution >= 0.6 is 0 Å². The lowest BCUT2D eigenvalue weighted by Gasteiger charge is -2.04. The molecule has 1 aromatic carbocycles. The lowest BCUT2D eigenvalue weighted by Crippen LogP contribution is -2.24. The zero-order valence-corrected chi connectivity index (χ0v) is 9.46. The van der Waals surface area contributed by atoms with E-state index in [0.29, 0.717) is 29.5 Å². The van der Waals surface area contributed by atoms with E-state index in [0.717, 1.165) is 6.54 Å². The van der Waals surface area contributed by atoms with Gasteiger partial charge in [-0.15, -0.1) is 0 Å². The number of hydrogen-bond donors (Lipinski definition) is 1. The fraction of sp³-hybridized carbons (Fsp3) is 0.417. The molecular weight excluding hydrogens is 207 g/mol. The summed E-state index contributed by atoms with van der Waals surface area (Å²) >= 11 is 0. The van der Waals surface area contributed by atoms with E-state index in [2.05, 4.69) is 24.1 Å². The zero-order chi connectivity index (χ0) is 11.5. The number of oxazole rings is 1. The van der Waals surface area contributed by atoms with Crippen molar-refractivity contribution in [1.29, 1.82) is 0 Å². The predicted molar refractivity (Wildman–Crippen MR) is 60.8 cm³/mol. The monoisotopic (exact) mass is 222 g/mol. The summed E-state index contributed by atoms with van der Waals surface area (Å²) in [5.74, 6) is 0.351. The second kappa shape index (κ2) is 4.61. The van der Waals surface area contributed by atoms with Gasteiger partial charge in [0, 0.05) is 25.1 Å². The van der Waals surface area contributed by atoms with Crippen LogP contribution in [0.25, 0.3) is 11.1 Å².